The van der Waals surface area contributed by atoms with E-state index in [1.165, 1.54) is 0 Å². The zero-order chi connectivity index (χ0) is 10.8. The minimum absolute atomic E-state index is 0.634. The van der Waals surface area contributed by atoms with Gasteiger partial charge in [0.05, 0.1) is 0 Å². The van der Waals surface area contributed by atoms with Gasteiger partial charge in [0.15, 0.2) is 0 Å². The number of rotatable bonds is 1. The molecule has 0 saturated heterocycles. The summed E-state index contributed by atoms with van der Waals surface area (Å²) in [7, 11) is 0. The van der Waals surface area contributed by atoms with E-state index in [1.54, 1.807) is 6.92 Å². The molecule has 1 aliphatic carbocycles. The van der Waals surface area contributed by atoms with Crippen LogP contribution in [0.3, 0.4) is 0 Å². The van der Waals surface area contributed by atoms with Crippen LogP contribution in [-0.4, -0.2) is 17.6 Å². The van der Waals surface area contributed by atoms with E-state index in [1.807, 2.05) is 0 Å². The minimum Gasteiger partial charge on any atom is -0.343 e. The standard InChI is InChI=1S/C9H14F3NO/c1-8(5-3-2-4-6-8)13-7(14)9(10,11)12/h2-6H2,1H3,(H,13,14). The molecule has 2 nitrogen and oxygen atoms in total. The lowest BCUT2D eigenvalue weighted by atomic mass is 9.83. The molecule has 0 aromatic carbocycles. The van der Waals surface area contributed by atoms with Crippen molar-refractivity contribution in [3.8, 4) is 0 Å². The van der Waals surface area contributed by atoms with Crippen molar-refractivity contribution in [1.82, 2.24) is 5.32 Å². The summed E-state index contributed by atoms with van der Waals surface area (Å²) >= 11 is 0. The van der Waals surface area contributed by atoms with E-state index < -0.39 is 17.6 Å². The maximum absolute atomic E-state index is 12.0. The van der Waals surface area contributed by atoms with Crippen molar-refractivity contribution in [2.24, 2.45) is 0 Å². The molecule has 0 heterocycles. The molecule has 0 bridgehead atoms. The SMILES string of the molecule is CC1(NC(=O)C(F)(F)F)CCCCC1. The van der Waals surface area contributed by atoms with Crippen molar-refractivity contribution < 1.29 is 18.0 Å². The Bertz CT molecular complexity index is 219. The number of hydrogen-bond acceptors (Lipinski definition) is 1. The number of alkyl halides is 3. The summed E-state index contributed by atoms with van der Waals surface area (Å²) in [6.07, 6.45) is -0.690. The monoisotopic (exact) mass is 209 g/mol. The largest absolute Gasteiger partial charge is 0.471 e. The van der Waals surface area contributed by atoms with Gasteiger partial charge >= 0.3 is 12.1 Å². The van der Waals surface area contributed by atoms with Crippen LogP contribution < -0.4 is 5.32 Å². The van der Waals surface area contributed by atoms with Crippen molar-refractivity contribution in [3.63, 3.8) is 0 Å². The summed E-state index contributed by atoms with van der Waals surface area (Å²) in [6, 6.07) is 0. The van der Waals surface area contributed by atoms with Crippen LogP contribution in [0.2, 0.25) is 0 Å². The van der Waals surface area contributed by atoms with Gasteiger partial charge in [-0.1, -0.05) is 19.3 Å². The molecule has 0 aromatic rings. The molecule has 0 radical (unpaired) electrons. The molecular weight excluding hydrogens is 195 g/mol. The number of nitrogens with one attached hydrogen (secondary N) is 1. The molecule has 82 valence electrons. The summed E-state index contributed by atoms with van der Waals surface area (Å²) in [5.41, 5.74) is -0.662. The molecule has 14 heavy (non-hydrogen) atoms. The van der Waals surface area contributed by atoms with Crippen LogP contribution in [0, 0.1) is 0 Å². The van der Waals surface area contributed by atoms with E-state index in [4.69, 9.17) is 0 Å². The molecule has 1 rings (SSSR count). The Morgan fingerprint density at radius 2 is 1.71 bits per heavy atom. The van der Waals surface area contributed by atoms with Gasteiger partial charge in [-0.3, -0.25) is 4.79 Å². The Labute approximate surface area is 80.9 Å². The predicted molar refractivity (Wildman–Crippen MR) is 45.7 cm³/mol. The molecule has 1 fully saturated rings. The molecule has 0 atom stereocenters. The summed E-state index contributed by atoms with van der Waals surface area (Å²) in [5.74, 6) is -1.82. The van der Waals surface area contributed by atoms with Crippen LogP contribution >= 0.6 is 0 Å². The Balaban J connectivity index is 2.54. The van der Waals surface area contributed by atoms with Gasteiger partial charge in [0.25, 0.3) is 0 Å². The van der Waals surface area contributed by atoms with Gasteiger partial charge in [0.1, 0.15) is 0 Å². The number of carbonyl (C=O) groups excluding carboxylic acids is 1. The van der Waals surface area contributed by atoms with Crippen molar-refractivity contribution in [2.75, 3.05) is 0 Å². The van der Waals surface area contributed by atoms with Gasteiger partial charge in [-0.2, -0.15) is 13.2 Å². The average molecular weight is 209 g/mol. The van der Waals surface area contributed by atoms with E-state index in [9.17, 15) is 18.0 Å². The molecule has 0 spiro atoms. The highest BCUT2D eigenvalue weighted by Gasteiger charge is 2.42. The van der Waals surface area contributed by atoms with Crippen LogP contribution in [0.4, 0.5) is 13.2 Å². The fourth-order valence-corrected chi connectivity index (χ4v) is 1.80. The quantitative estimate of drug-likeness (QED) is 0.705. The highest BCUT2D eigenvalue weighted by atomic mass is 19.4. The lowest BCUT2D eigenvalue weighted by molar-refractivity contribution is -0.175. The van der Waals surface area contributed by atoms with Crippen LogP contribution in [0.1, 0.15) is 39.0 Å². The van der Waals surface area contributed by atoms with E-state index in [2.05, 4.69) is 5.32 Å². The third kappa shape index (κ3) is 2.89. The number of hydrogen-bond donors (Lipinski definition) is 1. The van der Waals surface area contributed by atoms with Gasteiger partial charge in [-0.05, 0) is 19.8 Å². The normalized spacial score (nSPS) is 21.7. The van der Waals surface area contributed by atoms with Crippen LogP contribution in [-0.2, 0) is 4.79 Å². The smallest absolute Gasteiger partial charge is 0.343 e. The molecule has 0 aliphatic heterocycles. The Hall–Kier alpha value is -0.740. The van der Waals surface area contributed by atoms with Gasteiger partial charge in [0, 0.05) is 5.54 Å². The zero-order valence-corrected chi connectivity index (χ0v) is 8.08. The predicted octanol–water partition coefficient (Wildman–Crippen LogP) is 2.39. The van der Waals surface area contributed by atoms with Crippen LogP contribution in [0.15, 0.2) is 0 Å². The third-order valence-corrected chi connectivity index (χ3v) is 2.63. The third-order valence-electron chi connectivity index (χ3n) is 2.63. The zero-order valence-electron chi connectivity index (χ0n) is 8.08. The van der Waals surface area contributed by atoms with Crippen molar-refractivity contribution in [2.45, 2.75) is 50.7 Å². The Morgan fingerprint density at radius 1 is 1.21 bits per heavy atom. The lowest BCUT2D eigenvalue weighted by Gasteiger charge is -2.34. The fraction of sp³-hybridized carbons (Fsp3) is 0.889. The van der Waals surface area contributed by atoms with Crippen LogP contribution in [0.5, 0.6) is 0 Å². The second-order valence-corrected chi connectivity index (χ2v) is 4.07. The second kappa shape index (κ2) is 3.79. The van der Waals surface area contributed by atoms with E-state index >= 15 is 0 Å². The van der Waals surface area contributed by atoms with Crippen molar-refractivity contribution in [3.05, 3.63) is 0 Å². The van der Waals surface area contributed by atoms with Gasteiger partial charge in [0.2, 0.25) is 0 Å². The average Bonchev–Trinajstić information content (AvgIpc) is 2.02. The lowest BCUT2D eigenvalue weighted by Crippen LogP contribution is -2.51. The first-order chi connectivity index (χ1) is 6.33. The summed E-state index contributed by atoms with van der Waals surface area (Å²) in [5, 5.41) is 2.07. The molecule has 1 saturated carbocycles. The second-order valence-electron chi connectivity index (χ2n) is 4.07. The number of carbonyl (C=O) groups is 1. The maximum atomic E-state index is 12.0. The first-order valence-corrected chi connectivity index (χ1v) is 4.73. The fourth-order valence-electron chi connectivity index (χ4n) is 1.80. The van der Waals surface area contributed by atoms with Gasteiger partial charge in [-0.15, -0.1) is 0 Å². The molecule has 1 amide bonds. The molecule has 0 aromatic heterocycles. The first-order valence-electron chi connectivity index (χ1n) is 4.73. The Kier molecular flexibility index (Phi) is 3.07. The molecule has 1 aliphatic rings. The summed E-state index contributed by atoms with van der Waals surface area (Å²) in [6.45, 7) is 1.68. The molecule has 5 heteroatoms. The van der Waals surface area contributed by atoms with Gasteiger partial charge in [-0.25, -0.2) is 0 Å². The van der Waals surface area contributed by atoms with E-state index in [-0.39, 0.29) is 0 Å². The van der Waals surface area contributed by atoms with Crippen molar-refractivity contribution in [1.29, 1.82) is 0 Å². The number of halogens is 3. The van der Waals surface area contributed by atoms with E-state index in [0.29, 0.717) is 12.8 Å². The minimum atomic E-state index is -4.76. The maximum Gasteiger partial charge on any atom is 0.471 e. The molecule has 1 N–H and O–H groups in total. The highest BCUT2D eigenvalue weighted by Crippen LogP contribution is 2.28. The first kappa shape index (κ1) is 11.3. The number of amides is 1. The summed E-state index contributed by atoms with van der Waals surface area (Å²) in [4.78, 5) is 10.7. The van der Waals surface area contributed by atoms with Crippen LogP contribution in [0.25, 0.3) is 0 Å². The van der Waals surface area contributed by atoms with E-state index in [0.717, 1.165) is 19.3 Å². The summed E-state index contributed by atoms with van der Waals surface area (Å²) < 4.78 is 35.9. The highest BCUT2D eigenvalue weighted by molar-refractivity contribution is 5.82. The van der Waals surface area contributed by atoms with Crippen molar-refractivity contribution >= 4 is 5.91 Å². The van der Waals surface area contributed by atoms with Gasteiger partial charge < -0.3 is 5.32 Å². The molecular formula is C9H14F3NO. The topological polar surface area (TPSA) is 29.1 Å². The molecule has 0 unspecified atom stereocenters. The Morgan fingerprint density at radius 3 is 2.14 bits per heavy atom.